The Labute approximate surface area is 141 Å². The Morgan fingerprint density at radius 1 is 1.25 bits per heavy atom. The number of hydrogen-bond acceptors (Lipinski definition) is 3. The van der Waals surface area contributed by atoms with Gasteiger partial charge < -0.3 is 10.2 Å². The maximum absolute atomic E-state index is 13.3. The fourth-order valence-corrected chi connectivity index (χ4v) is 3.49. The van der Waals surface area contributed by atoms with Crippen LogP contribution in [0.5, 0.6) is 0 Å². The second-order valence-corrected chi connectivity index (χ2v) is 6.72. The second-order valence-electron chi connectivity index (χ2n) is 6.72. The van der Waals surface area contributed by atoms with Crippen molar-refractivity contribution in [3.8, 4) is 0 Å². The third-order valence-electron chi connectivity index (χ3n) is 4.87. The first-order valence-electron chi connectivity index (χ1n) is 8.61. The number of rotatable bonds is 4. The zero-order chi connectivity index (χ0) is 16.9. The van der Waals surface area contributed by atoms with Gasteiger partial charge in [0.05, 0.1) is 13.1 Å². The molecule has 130 valence electrons. The summed E-state index contributed by atoms with van der Waals surface area (Å²) in [7, 11) is 0. The van der Waals surface area contributed by atoms with Gasteiger partial charge in [0, 0.05) is 13.1 Å². The van der Waals surface area contributed by atoms with Gasteiger partial charge in [-0.05, 0) is 56.0 Å². The molecule has 1 aromatic rings. The van der Waals surface area contributed by atoms with E-state index in [1.165, 1.54) is 6.07 Å². The Balaban J connectivity index is 1.43. The van der Waals surface area contributed by atoms with Gasteiger partial charge in [0.15, 0.2) is 0 Å². The molecule has 2 heterocycles. The lowest BCUT2D eigenvalue weighted by Gasteiger charge is -2.34. The predicted molar refractivity (Wildman–Crippen MR) is 88.9 cm³/mol. The third-order valence-corrected chi connectivity index (χ3v) is 4.87. The zero-order valence-corrected chi connectivity index (χ0v) is 13.8. The zero-order valence-electron chi connectivity index (χ0n) is 13.8. The lowest BCUT2D eigenvalue weighted by Crippen LogP contribution is -2.53. The van der Waals surface area contributed by atoms with Crippen molar-refractivity contribution < 1.29 is 14.0 Å². The van der Waals surface area contributed by atoms with Crippen LogP contribution in [-0.2, 0) is 16.0 Å². The highest BCUT2D eigenvalue weighted by Crippen LogP contribution is 2.22. The number of benzene rings is 1. The summed E-state index contributed by atoms with van der Waals surface area (Å²) in [5, 5.41) is 2.73. The van der Waals surface area contributed by atoms with E-state index < -0.39 is 0 Å². The summed E-state index contributed by atoms with van der Waals surface area (Å²) in [6.45, 7) is 3.47. The molecule has 0 saturated carbocycles. The molecule has 0 aromatic heterocycles. The van der Waals surface area contributed by atoms with Crippen molar-refractivity contribution in [2.75, 3.05) is 39.3 Å². The maximum Gasteiger partial charge on any atom is 0.239 e. The van der Waals surface area contributed by atoms with Gasteiger partial charge in [0.1, 0.15) is 5.82 Å². The molecule has 0 aliphatic carbocycles. The second kappa shape index (κ2) is 7.75. The molecule has 0 radical (unpaired) electrons. The minimum absolute atomic E-state index is 0.0356. The largest absolute Gasteiger partial charge is 0.353 e. The predicted octanol–water partition coefficient (Wildman–Crippen LogP) is 1.04. The number of piperazine rings is 1. The van der Waals surface area contributed by atoms with E-state index in [1.54, 1.807) is 17.0 Å². The molecular weight excluding hydrogens is 309 g/mol. The lowest BCUT2D eigenvalue weighted by molar-refractivity contribution is -0.139. The van der Waals surface area contributed by atoms with Crippen LogP contribution in [0.15, 0.2) is 24.3 Å². The summed E-state index contributed by atoms with van der Waals surface area (Å²) < 4.78 is 13.3. The van der Waals surface area contributed by atoms with E-state index in [1.807, 2.05) is 6.07 Å². The van der Waals surface area contributed by atoms with Crippen molar-refractivity contribution in [1.29, 1.82) is 0 Å². The smallest absolute Gasteiger partial charge is 0.239 e. The topological polar surface area (TPSA) is 52.7 Å². The van der Waals surface area contributed by atoms with Gasteiger partial charge in [0.2, 0.25) is 11.8 Å². The van der Waals surface area contributed by atoms with Crippen LogP contribution in [0.4, 0.5) is 4.39 Å². The first-order chi connectivity index (χ1) is 11.6. The molecule has 0 atom stereocenters. The van der Waals surface area contributed by atoms with Crippen molar-refractivity contribution in [1.82, 2.24) is 15.1 Å². The van der Waals surface area contributed by atoms with Gasteiger partial charge in [-0.25, -0.2) is 4.39 Å². The molecule has 3 rings (SSSR count). The van der Waals surface area contributed by atoms with Crippen molar-refractivity contribution in [3.63, 3.8) is 0 Å². The highest BCUT2D eigenvalue weighted by Gasteiger charge is 2.25. The van der Waals surface area contributed by atoms with E-state index in [4.69, 9.17) is 0 Å². The van der Waals surface area contributed by atoms with Gasteiger partial charge in [-0.2, -0.15) is 0 Å². The van der Waals surface area contributed by atoms with Gasteiger partial charge >= 0.3 is 0 Å². The van der Waals surface area contributed by atoms with E-state index >= 15 is 0 Å². The van der Waals surface area contributed by atoms with Crippen molar-refractivity contribution in [2.24, 2.45) is 5.92 Å². The van der Waals surface area contributed by atoms with Crippen molar-refractivity contribution >= 4 is 11.8 Å². The molecule has 24 heavy (non-hydrogen) atoms. The van der Waals surface area contributed by atoms with Gasteiger partial charge in [-0.3, -0.25) is 14.5 Å². The van der Waals surface area contributed by atoms with Gasteiger partial charge in [0.25, 0.3) is 0 Å². The Kier molecular flexibility index (Phi) is 5.45. The van der Waals surface area contributed by atoms with Crippen LogP contribution < -0.4 is 5.32 Å². The fourth-order valence-electron chi connectivity index (χ4n) is 3.49. The number of nitrogens with zero attached hydrogens (tertiary/aromatic N) is 2. The molecule has 0 unspecified atom stereocenters. The van der Waals surface area contributed by atoms with Crippen molar-refractivity contribution in [2.45, 2.75) is 19.3 Å². The normalized spacial score (nSPS) is 20.0. The summed E-state index contributed by atoms with van der Waals surface area (Å²) in [5.41, 5.74) is 1.05. The highest BCUT2D eigenvalue weighted by molar-refractivity contribution is 5.86. The minimum atomic E-state index is -0.180. The molecule has 6 heteroatoms. The summed E-state index contributed by atoms with van der Waals surface area (Å²) >= 11 is 0. The van der Waals surface area contributed by atoms with Crippen LogP contribution in [0.2, 0.25) is 0 Å². The van der Waals surface area contributed by atoms with Crippen LogP contribution in [0.3, 0.4) is 0 Å². The number of hydrogen-bond donors (Lipinski definition) is 1. The van der Waals surface area contributed by atoms with E-state index in [2.05, 4.69) is 10.2 Å². The molecule has 2 saturated heterocycles. The Morgan fingerprint density at radius 3 is 2.75 bits per heavy atom. The quantitative estimate of drug-likeness (QED) is 0.896. The number of carbonyl (C=O) groups excluding carboxylic acids is 2. The number of carbonyl (C=O) groups is 2. The van der Waals surface area contributed by atoms with E-state index in [9.17, 15) is 14.0 Å². The van der Waals surface area contributed by atoms with Gasteiger partial charge in [-0.1, -0.05) is 12.1 Å². The van der Waals surface area contributed by atoms with Crippen LogP contribution in [0.25, 0.3) is 0 Å². The fraction of sp³-hybridized carbons (Fsp3) is 0.556. The Bertz CT molecular complexity index is 600. The summed E-state index contributed by atoms with van der Waals surface area (Å²) in [6, 6.07) is 6.81. The van der Waals surface area contributed by atoms with Crippen LogP contribution >= 0.6 is 0 Å². The standard InChI is InChI=1S/C18H24FN3O2/c19-16-3-1-2-15(11-16)10-14-4-7-21(8-5-14)13-18(24)22-9-6-20-17(23)12-22/h1-3,11,14H,4-10,12-13H2,(H,20,23). The molecule has 2 amide bonds. The first kappa shape index (κ1) is 16.9. The van der Waals surface area contributed by atoms with E-state index in [0.29, 0.717) is 25.6 Å². The number of piperidine rings is 1. The molecule has 0 spiro atoms. The van der Waals surface area contributed by atoms with E-state index in [-0.39, 0.29) is 24.2 Å². The number of likely N-dealkylation sites (tertiary alicyclic amines) is 1. The number of nitrogens with one attached hydrogen (secondary N) is 1. The first-order valence-corrected chi connectivity index (χ1v) is 8.61. The molecule has 2 aliphatic heterocycles. The Morgan fingerprint density at radius 2 is 2.04 bits per heavy atom. The minimum Gasteiger partial charge on any atom is -0.353 e. The average Bonchev–Trinajstić information content (AvgIpc) is 2.57. The third kappa shape index (κ3) is 4.54. The summed E-state index contributed by atoms with van der Waals surface area (Å²) in [5.74, 6) is 0.317. The monoisotopic (exact) mass is 333 g/mol. The van der Waals surface area contributed by atoms with E-state index in [0.717, 1.165) is 37.9 Å². The van der Waals surface area contributed by atoms with Crippen LogP contribution in [0.1, 0.15) is 18.4 Å². The molecule has 2 aliphatic rings. The van der Waals surface area contributed by atoms with Crippen LogP contribution in [0, 0.1) is 11.7 Å². The van der Waals surface area contributed by atoms with Gasteiger partial charge in [-0.15, -0.1) is 0 Å². The van der Waals surface area contributed by atoms with Crippen LogP contribution in [-0.4, -0.2) is 60.9 Å². The molecular formula is C18H24FN3O2. The maximum atomic E-state index is 13.3. The number of amides is 2. The molecule has 2 fully saturated rings. The molecule has 1 N–H and O–H groups in total. The molecule has 0 bridgehead atoms. The Hall–Kier alpha value is -1.95. The molecule has 5 nitrogen and oxygen atoms in total. The summed E-state index contributed by atoms with van der Waals surface area (Å²) in [6.07, 6.45) is 2.93. The highest BCUT2D eigenvalue weighted by atomic mass is 19.1. The average molecular weight is 333 g/mol. The summed E-state index contributed by atoms with van der Waals surface area (Å²) in [4.78, 5) is 27.5. The SMILES string of the molecule is O=C1CN(C(=O)CN2CCC(Cc3cccc(F)c3)CC2)CCN1. The van der Waals surface area contributed by atoms with Crippen molar-refractivity contribution in [3.05, 3.63) is 35.6 Å². The lowest BCUT2D eigenvalue weighted by atomic mass is 9.90. The molecule has 1 aromatic carbocycles. The number of halogens is 1.